The van der Waals surface area contributed by atoms with Gasteiger partial charge in [0, 0.05) is 25.1 Å². The predicted octanol–water partition coefficient (Wildman–Crippen LogP) is 1.25. The number of aliphatic carboxylic acids is 1. The molecule has 2 atom stereocenters. The number of carboxylic acid groups (broad SMARTS) is 1. The quantitative estimate of drug-likeness (QED) is 0.760. The second-order valence-electron chi connectivity index (χ2n) is 5.74. The molecule has 0 aromatic heterocycles. The van der Waals surface area contributed by atoms with Crippen LogP contribution in [0, 0.1) is 11.8 Å². The fourth-order valence-electron chi connectivity index (χ4n) is 3.08. The molecule has 2 saturated carbocycles. The Kier molecular flexibility index (Phi) is 4.80. The van der Waals surface area contributed by atoms with Crippen LogP contribution < -0.4 is 0 Å². The van der Waals surface area contributed by atoms with Gasteiger partial charge in [-0.2, -0.15) is 0 Å². The number of rotatable bonds is 6. The predicted molar refractivity (Wildman–Crippen MR) is 69.5 cm³/mol. The van der Waals surface area contributed by atoms with Crippen molar-refractivity contribution in [3.63, 3.8) is 0 Å². The normalized spacial score (nSPS) is 27.0. The SMILES string of the molecule is O=C(O)C1CCC(C(=O)N(CCCO)C2CCC2)C1. The first kappa shape index (κ1) is 14.3. The minimum Gasteiger partial charge on any atom is -0.481 e. The zero-order valence-electron chi connectivity index (χ0n) is 11.3. The monoisotopic (exact) mass is 269 g/mol. The fraction of sp³-hybridized carbons (Fsp3) is 0.857. The van der Waals surface area contributed by atoms with Crippen LogP contribution in [0.4, 0.5) is 0 Å². The van der Waals surface area contributed by atoms with E-state index >= 15 is 0 Å². The third-order valence-electron chi connectivity index (χ3n) is 4.49. The lowest BCUT2D eigenvalue weighted by Gasteiger charge is -2.39. The van der Waals surface area contributed by atoms with Crippen molar-refractivity contribution in [1.82, 2.24) is 4.90 Å². The molecule has 2 unspecified atom stereocenters. The van der Waals surface area contributed by atoms with Crippen LogP contribution in [0.3, 0.4) is 0 Å². The van der Waals surface area contributed by atoms with E-state index < -0.39 is 5.97 Å². The van der Waals surface area contributed by atoms with Crippen LogP contribution in [0.2, 0.25) is 0 Å². The maximum Gasteiger partial charge on any atom is 0.306 e. The summed E-state index contributed by atoms with van der Waals surface area (Å²) in [6.45, 7) is 0.702. The Morgan fingerprint density at radius 3 is 2.26 bits per heavy atom. The summed E-state index contributed by atoms with van der Waals surface area (Å²) in [5, 5.41) is 17.9. The highest BCUT2D eigenvalue weighted by molar-refractivity contribution is 5.81. The summed E-state index contributed by atoms with van der Waals surface area (Å²) in [7, 11) is 0. The van der Waals surface area contributed by atoms with Gasteiger partial charge in [-0.15, -0.1) is 0 Å². The van der Waals surface area contributed by atoms with E-state index in [4.69, 9.17) is 10.2 Å². The minimum absolute atomic E-state index is 0.0961. The molecular weight excluding hydrogens is 246 g/mol. The fourth-order valence-corrected chi connectivity index (χ4v) is 3.08. The zero-order valence-corrected chi connectivity index (χ0v) is 11.3. The van der Waals surface area contributed by atoms with E-state index in [1.165, 1.54) is 0 Å². The molecule has 0 saturated heterocycles. The van der Waals surface area contributed by atoms with Crippen molar-refractivity contribution in [3.05, 3.63) is 0 Å². The Morgan fingerprint density at radius 1 is 1.11 bits per heavy atom. The summed E-state index contributed by atoms with van der Waals surface area (Å²) in [6.07, 6.45) is 5.66. The number of aliphatic hydroxyl groups is 1. The van der Waals surface area contributed by atoms with Gasteiger partial charge < -0.3 is 15.1 Å². The molecule has 0 aliphatic heterocycles. The summed E-state index contributed by atoms with van der Waals surface area (Å²) < 4.78 is 0. The Hall–Kier alpha value is -1.10. The van der Waals surface area contributed by atoms with Gasteiger partial charge in [-0.1, -0.05) is 0 Å². The maximum atomic E-state index is 12.5. The van der Waals surface area contributed by atoms with Crippen molar-refractivity contribution < 1.29 is 19.8 Å². The molecule has 19 heavy (non-hydrogen) atoms. The number of hydrogen-bond donors (Lipinski definition) is 2. The van der Waals surface area contributed by atoms with Gasteiger partial charge >= 0.3 is 5.97 Å². The first-order chi connectivity index (χ1) is 9.13. The number of aliphatic hydroxyl groups excluding tert-OH is 1. The van der Waals surface area contributed by atoms with Crippen molar-refractivity contribution >= 4 is 11.9 Å². The van der Waals surface area contributed by atoms with Crippen molar-refractivity contribution in [3.8, 4) is 0 Å². The highest BCUT2D eigenvalue weighted by Crippen LogP contribution is 2.34. The molecule has 1 amide bonds. The van der Waals surface area contributed by atoms with E-state index in [-0.39, 0.29) is 24.3 Å². The Balaban J connectivity index is 1.93. The Labute approximate surface area is 113 Å². The topological polar surface area (TPSA) is 77.8 Å². The average molecular weight is 269 g/mol. The molecule has 0 radical (unpaired) electrons. The molecule has 0 aromatic carbocycles. The van der Waals surface area contributed by atoms with Crippen LogP contribution in [0.1, 0.15) is 44.9 Å². The lowest BCUT2D eigenvalue weighted by atomic mass is 9.90. The zero-order chi connectivity index (χ0) is 13.8. The van der Waals surface area contributed by atoms with Crippen LogP contribution >= 0.6 is 0 Å². The molecule has 2 aliphatic rings. The largest absolute Gasteiger partial charge is 0.481 e. The van der Waals surface area contributed by atoms with Crippen LogP contribution in [0.25, 0.3) is 0 Å². The lowest BCUT2D eigenvalue weighted by molar-refractivity contribution is -0.142. The first-order valence-electron chi connectivity index (χ1n) is 7.27. The van der Waals surface area contributed by atoms with Crippen LogP contribution in [0.5, 0.6) is 0 Å². The molecule has 5 nitrogen and oxygen atoms in total. The van der Waals surface area contributed by atoms with Crippen LogP contribution in [-0.4, -0.2) is 46.2 Å². The molecule has 2 rings (SSSR count). The molecule has 2 fully saturated rings. The number of carbonyl (C=O) groups excluding carboxylic acids is 1. The van der Waals surface area contributed by atoms with E-state index in [1.54, 1.807) is 0 Å². The number of carbonyl (C=O) groups is 2. The van der Waals surface area contributed by atoms with Crippen molar-refractivity contribution in [1.29, 1.82) is 0 Å². The van der Waals surface area contributed by atoms with E-state index in [2.05, 4.69) is 0 Å². The molecule has 5 heteroatoms. The second kappa shape index (κ2) is 6.37. The number of amides is 1. The third-order valence-corrected chi connectivity index (χ3v) is 4.49. The van der Waals surface area contributed by atoms with Crippen molar-refractivity contribution in [2.24, 2.45) is 11.8 Å². The minimum atomic E-state index is -0.777. The van der Waals surface area contributed by atoms with Gasteiger partial charge in [0.25, 0.3) is 0 Å². The van der Waals surface area contributed by atoms with Gasteiger partial charge in [0.15, 0.2) is 0 Å². The second-order valence-corrected chi connectivity index (χ2v) is 5.74. The molecule has 0 bridgehead atoms. The molecule has 2 aliphatic carbocycles. The standard InChI is InChI=1S/C14H23NO4/c16-8-2-7-15(12-3-1-4-12)13(17)10-5-6-11(9-10)14(18)19/h10-12,16H,1-9H2,(H,18,19). The summed E-state index contributed by atoms with van der Waals surface area (Å²) in [5.74, 6) is -1.14. The first-order valence-corrected chi connectivity index (χ1v) is 7.27. The van der Waals surface area contributed by atoms with Crippen molar-refractivity contribution in [2.75, 3.05) is 13.2 Å². The van der Waals surface area contributed by atoms with E-state index in [0.29, 0.717) is 38.3 Å². The number of hydrogen-bond acceptors (Lipinski definition) is 3. The molecule has 0 spiro atoms. The van der Waals surface area contributed by atoms with E-state index in [0.717, 1.165) is 19.3 Å². The summed E-state index contributed by atoms with van der Waals surface area (Å²) >= 11 is 0. The van der Waals surface area contributed by atoms with Gasteiger partial charge in [-0.3, -0.25) is 9.59 Å². The van der Waals surface area contributed by atoms with Gasteiger partial charge in [-0.25, -0.2) is 0 Å². The van der Waals surface area contributed by atoms with Gasteiger partial charge in [0.1, 0.15) is 0 Å². The molecule has 108 valence electrons. The van der Waals surface area contributed by atoms with Gasteiger partial charge in [-0.05, 0) is 44.9 Å². The van der Waals surface area contributed by atoms with E-state index in [9.17, 15) is 9.59 Å². The smallest absolute Gasteiger partial charge is 0.306 e. The number of nitrogens with zero attached hydrogens (tertiary/aromatic N) is 1. The highest BCUT2D eigenvalue weighted by atomic mass is 16.4. The molecule has 0 heterocycles. The van der Waals surface area contributed by atoms with Gasteiger partial charge in [0.2, 0.25) is 5.91 Å². The lowest BCUT2D eigenvalue weighted by Crippen LogP contribution is -2.47. The van der Waals surface area contributed by atoms with Crippen molar-refractivity contribution in [2.45, 2.75) is 51.0 Å². The van der Waals surface area contributed by atoms with Crippen LogP contribution in [0.15, 0.2) is 0 Å². The molecular formula is C14H23NO4. The molecule has 2 N–H and O–H groups in total. The van der Waals surface area contributed by atoms with Gasteiger partial charge in [0.05, 0.1) is 5.92 Å². The summed E-state index contributed by atoms with van der Waals surface area (Å²) in [5.41, 5.74) is 0. The average Bonchev–Trinajstić information content (AvgIpc) is 2.80. The molecule has 0 aromatic rings. The third kappa shape index (κ3) is 3.26. The Bertz CT molecular complexity index is 340. The number of carboxylic acids is 1. The highest BCUT2D eigenvalue weighted by Gasteiger charge is 2.38. The maximum absolute atomic E-state index is 12.5. The summed E-state index contributed by atoms with van der Waals surface area (Å²) in [6, 6.07) is 0.322. The summed E-state index contributed by atoms with van der Waals surface area (Å²) in [4.78, 5) is 25.4. The van der Waals surface area contributed by atoms with Crippen LogP contribution in [-0.2, 0) is 9.59 Å². The Morgan fingerprint density at radius 2 is 1.79 bits per heavy atom. The van der Waals surface area contributed by atoms with E-state index in [1.807, 2.05) is 4.90 Å².